The molecule has 190 valence electrons. The van der Waals surface area contributed by atoms with Crippen molar-refractivity contribution in [1.29, 1.82) is 0 Å². The van der Waals surface area contributed by atoms with Gasteiger partial charge in [-0.1, -0.05) is 66.7 Å². The van der Waals surface area contributed by atoms with Gasteiger partial charge in [-0.3, -0.25) is 0 Å². The van der Waals surface area contributed by atoms with Crippen molar-refractivity contribution in [2.45, 2.75) is 56.6 Å². The standard InChI is InChI=1S/C34H30O3S/c1-33(2,35)34(3,4)37-38-30-18-17-25-22-16-15-20(19-28(22)24-11-8-13-27(30)31(24)25)21-10-7-12-26-23-9-5-6-14-29(23)36-32(21)26/h5-14,17-19,35H,15-16H2,1-4H3. The van der Waals surface area contributed by atoms with Crippen molar-refractivity contribution in [3.8, 4) is 0 Å². The Balaban J connectivity index is 1.31. The van der Waals surface area contributed by atoms with E-state index in [1.165, 1.54) is 67.0 Å². The Morgan fingerprint density at radius 3 is 2.32 bits per heavy atom. The molecule has 1 heterocycles. The van der Waals surface area contributed by atoms with E-state index in [4.69, 9.17) is 8.60 Å². The number of furan rings is 1. The molecule has 0 radical (unpaired) electrons. The summed E-state index contributed by atoms with van der Waals surface area (Å²) in [6.45, 7) is 7.42. The summed E-state index contributed by atoms with van der Waals surface area (Å²) < 4.78 is 12.5. The molecule has 38 heavy (non-hydrogen) atoms. The minimum absolute atomic E-state index is 0.701. The molecule has 2 aliphatic carbocycles. The lowest BCUT2D eigenvalue weighted by Crippen LogP contribution is -2.45. The van der Waals surface area contributed by atoms with Crippen LogP contribution in [0.25, 0.3) is 49.4 Å². The fourth-order valence-electron chi connectivity index (χ4n) is 5.64. The van der Waals surface area contributed by atoms with Gasteiger partial charge in [0.2, 0.25) is 0 Å². The van der Waals surface area contributed by atoms with Gasteiger partial charge in [0.1, 0.15) is 16.8 Å². The molecule has 5 aromatic rings. The molecule has 0 spiro atoms. The van der Waals surface area contributed by atoms with E-state index < -0.39 is 11.2 Å². The number of hydrogen-bond acceptors (Lipinski definition) is 4. The molecule has 0 saturated heterocycles. The molecule has 2 aliphatic rings. The molecule has 0 aliphatic heterocycles. The predicted octanol–water partition coefficient (Wildman–Crippen LogP) is 9.41. The molecule has 0 atom stereocenters. The van der Waals surface area contributed by atoms with E-state index in [0.29, 0.717) is 0 Å². The lowest BCUT2D eigenvalue weighted by molar-refractivity contribution is -0.0813. The second-order valence-corrected chi connectivity index (χ2v) is 12.2. The summed E-state index contributed by atoms with van der Waals surface area (Å²) in [6, 6.07) is 25.8. The maximum atomic E-state index is 10.5. The van der Waals surface area contributed by atoms with Gasteiger partial charge in [-0.15, -0.1) is 0 Å². The minimum atomic E-state index is -0.959. The average Bonchev–Trinajstić information content (AvgIpc) is 3.44. The quantitative estimate of drug-likeness (QED) is 0.235. The molecule has 0 bridgehead atoms. The fourth-order valence-corrected chi connectivity index (χ4v) is 6.53. The van der Waals surface area contributed by atoms with Gasteiger partial charge in [0, 0.05) is 33.3 Å². The number of para-hydroxylation sites is 2. The summed E-state index contributed by atoms with van der Waals surface area (Å²) in [6.07, 6.45) is 4.36. The summed E-state index contributed by atoms with van der Waals surface area (Å²) in [5.41, 5.74) is 8.11. The second-order valence-electron chi connectivity index (χ2n) is 11.4. The van der Waals surface area contributed by atoms with Crippen LogP contribution in [0.1, 0.15) is 57.2 Å². The first-order valence-electron chi connectivity index (χ1n) is 13.2. The van der Waals surface area contributed by atoms with Crippen molar-refractivity contribution in [1.82, 2.24) is 0 Å². The topological polar surface area (TPSA) is 42.6 Å². The lowest BCUT2D eigenvalue weighted by atomic mass is 9.87. The SMILES string of the molecule is CC(C)(O)C(C)(C)OSc1ccc2c3c(cccc13)C1=C2CCC(c2cccc3c2oc2ccccc23)=C1. The molecular weight excluding hydrogens is 488 g/mol. The molecule has 0 unspecified atom stereocenters. The second kappa shape index (κ2) is 8.34. The molecule has 0 saturated carbocycles. The Hall–Kier alpha value is -3.31. The van der Waals surface area contributed by atoms with Crippen molar-refractivity contribution in [2.75, 3.05) is 0 Å². The Morgan fingerprint density at radius 1 is 0.763 bits per heavy atom. The van der Waals surface area contributed by atoms with Crippen molar-refractivity contribution in [2.24, 2.45) is 0 Å². The molecule has 3 nitrogen and oxygen atoms in total. The highest BCUT2D eigenvalue weighted by atomic mass is 32.2. The first-order chi connectivity index (χ1) is 18.2. The molecule has 1 aromatic heterocycles. The van der Waals surface area contributed by atoms with Crippen molar-refractivity contribution < 1.29 is 13.7 Å². The predicted molar refractivity (Wildman–Crippen MR) is 159 cm³/mol. The normalized spacial score (nSPS) is 15.6. The lowest BCUT2D eigenvalue weighted by Gasteiger charge is -2.36. The van der Waals surface area contributed by atoms with Gasteiger partial charge in [-0.2, -0.15) is 0 Å². The first-order valence-corrected chi connectivity index (χ1v) is 14.0. The van der Waals surface area contributed by atoms with E-state index >= 15 is 0 Å². The van der Waals surface area contributed by atoms with Crippen LogP contribution in [0.15, 0.2) is 88.2 Å². The monoisotopic (exact) mass is 518 g/mol. The first kappa shape index (κ1) is 23.8. The Labute approximate surface area is 227 Å². The van der Waals surface area contributed by atoms with Crippen LogP contribution in [0.3, 0.4) is 0 Å². The Bertz CT molecular complexity index is 1830. The van der Waals surface area contributed by atoms with Gasteiger partial charge >= 0.3 is 0 Å². The van der Waals surface area contributed by atoms with Gasteiger partial charge in [-0.05, 0) is 91.3 Å². The van der Waals surface area contributed by atoms with Crippen LogP contribution in [0.4, 0.5) is 0 Å². The van der Waals surface area contributed by atoms with Crippen LogP contribution in [0.2, 0.25) is 0 Å². The molecular formula is C34H30O3S. The molecule has 7 rings (SSSR count). The third-order valence-corrected chi connectivity index (χ3v) is 9.50. The number of rotatable bonds is 5. The number of hydrogen-bond donors (Lipinski definition) is 1. The largest absolute Gasteiger partial charge is 0.455 e. The average molecular weight is 519 g/mol. The van der Waals surface area contributed by atoms with Crippen LogP contribution in [0.5, 0.6) is 0 Å². The van der Waals surface area contributed by atoms with E-state index in [9.17, 15) is 5.11 Å². The zero-order valence-electron chi connectivity index (χ0n) is 22.1. The van der Waals surface area contributed by atoms with E-state index in [1.807, 2.05) is 26.0 Å². The number of aliphatic hydroxyl groups is 1. The van der Waals surface area contributed by atoms with E-state index in [-0.39, 0.29) is 0 Å². The van der Waals surface area contributed by atoms with E-state index in [2.05, 4.69) is 66.7 Å². The third kappa shape index (κ3) is 3.51. The maximum Gasteiger partial charge on any atom is 0.142 e. The highest BCUT2D eigenvalue weighted by Crippen LogP contribution is 2.51. The van der Waals surface area contributed by atoms with Crippen molar-refractivity contribution >= 4 is 61.5 Å². The van der Waals surface area contributed by atoms with Gasteiger partial charge in [0.05, 0.1) is 5.60 Å². The van der Waals surface area contributed by atoms with E-state index in [0.717, 1.165) is 28.9 Å². The van der Waals surface area contributed by atoms with Gasteiger partial charge in [0.15, 0.2) is 0 Å². The highest BCUT2D eigenvalue weighted by Gasteiger charge is 2.37. The van der Waals surface area contributed by atoms with E-state index in [1.54, 1.807) is 13.8 Å². The zero-order chi connectivity index (χ0) is 26.2. The molecule has 0 amide bonds. The van der Waals surface area contributed by atoms with Crippen molar-refractivity contribution in [3.63, 3.8) is 0 Å². The maximum absolute atomic E-state index is 10.5. The smallest absolute Gasteiger partial charge is 0.142 e. The molecule has 0 fully saturated rings. The Kier molecular flexibility index (Phi) is 5.22. The van der Waals surface area contributed by atoms with Crippen LogP contribution in [-0.4, -0.2) is 16.3 Å². The minimum Gasteiger partial charge on any atom is -0.455 e. The van der Waals surface area contributed by atoms with Gasteiger partial charge < -0.3 is 13.7 Å². The molecule has 1 N–H and O–H groups in total. The number of fused-ring (bicyclic) bond motifs is 5. The fraction of sp³-hybridized carbons (Fsp3) is 0.235. The molecule has 4 heteroatoms. The summed E-state index contributed by atoms with van der Waals surface area (Å²) in [4.78, 5) is 1.07. The summed E-state index contributed by atoms with van der Waals surface area (Å²) >= 11 is 1.36. The zero-order valence-corrected chi connectivity index (χ0v) is 22.9. The summed E-state index contributed by atoms with van der Waals surface area (Å²) in [5, 5.41) is 15.4. The molecule has 4 aromatic carbocycles. The van der Waals surface area contributed by atoms with Gasteiger partial charge in [-0.25, -0.2) is 0 Å². The van der Waals surface area contributed by atoms with Crippen LogP contribution in [0, 0.1) is 0 Å². The van der Waals surface area contributed by atoms with Crippen LogP contribution >= 0.6 is 12.0 Å². The van der Waals surface area contributed by atoms with Crippen LogP contribution in [-0.2, 0) is 4.18 Å². The Morgan fingerprint density at radius 2 is 1.50 bits per heavy atom. The summed E-state index contributed by atoms with van der Waals surface area (Å²) in [5.74, 6) is 0. The number of allylic oxidation sites excluding steroid dienone is 4. The van der Waals surface area contributed by atoms with Gasteiger partial charge in [0.25, 0.3) is 0 Å². The van der Waals surface area contributed by atoms with Crippen molar-refractivity contribution in [3.05, 3.63) is 95.6 Å². The highest BCUT2D eigenvalue weighted by molar-refractivity contribution is 7.95. The summed E-state index contributed by atoms with van der Waals surface area (Å²) in [7, 11) is 0. The third-order valence-electron chi connectivity index (χ3n) is 8.47. The number of benzene rings is 4. The van der Waals surface area contributed by atoms with Crippen LogP contribution < -0.4 is 0 Å².